The molecule has 5 nitrogen and oxygen atoms in total. The van der Waals surface area contributed by atoms with E-state index in [2.05, 4.69) is 5.10 Å². The maximum Gasteiger partial charge on any atom is 0.428 e. The number of benzene rings is 3. The maximum atomic E-state index is 12.1. The van der Waals surface area contributed by atoms with Gasteiger partial charge in [0.25, 0.3) is 0 Å². The molecular weight excluding hydrogens is 352 g/mol. The highest BCUT2D eigenvalue weighted by molar-refractivity contribution is 6.13. The number of carbonyl (C=O) groups is 1. The lowest BCUT2D eigenvalue weighted by Crippen LogP contribution is -2.43. The van der Waals surface area contributed by atoms with E-state index in [9.17, 15) is 9.90 Å². The minimum Gasteiger partial charge on any atom is -0.491 e. The first-order valence-electron chi connectivity index (χ1n) is 9.14. The lowest BCUT2D eigenvalue weighted by molar-refractivity contribution is 0.0980. The average Bonchev–Trinajstić information content (AvgIpc) is 2.75. The highest BCUT2D eigenvalue weighted by Gasteiger charge is 2.29. The second kappa shape index (κ2) is 7.96. The van der Waals surface area contributed by atoms with Crippen molar-refractivity contribution in [1.82, 2.24) is 5.01 Å². The minimum atomic E-state index is -1.10. The quantitative estimate of drug-likeness (QED) is 0.545. The van der Waals surface area contributed by atoms with Crippen LogP contribution in [0.4, 0.5) is 4.79 Å². The Balaban J connectivity index is 1.73. The van der Waals surface area contributed by atoms with Gasteiger partial charge in [-0.05, 0) is 11.6 Å². The van der Waals surface area contributed by atoms with Gasteiger partial charge in [-0.15, -0.1) is 0 Å². The van der Waals surface area contributed by atoms with Crippen molar-refractivity contribution in [3.8, 4) is 5.75 Å². The molecule has 3 aromatic rings. The van der Waals surface area contributed by atoms with Gasteiger partial charge in [-0.3, -0.25) is 0 Å². The number of fused-ring (bicyclic) bond motifs is 1. The summed E-state index contributed by atoms with van der Waals surface area (Å²) < 4.78 is 5.79. The molecule has 0 spiro atoms. The maximum absolute atomic E-state index is 12.1. The Labute approximate surface area is 163 Å². The van der Waals surface area contributed by atoms with E-state index in [0.29, 0.717) is 12.1 Å². The molecule has 1 aliphatic rings. The van der Waals surface area contributed by atoms with E-state index in [1.54, 1.807) is 0 Å². The van der Waals surface area contributed by atoms with Gasteiger partial charge in [-0.25, -0.2) is 4.79 Å². The van der Waals surface area contributed by atoms with E-state index in [-0.39, 0.29) is 6.61 Å². The van der Waals surface area contributed by atoms with Crippen molar-refractivity contribution in [2.24, 2.45) is 5.10 Å². The van der Waals surface area contributed by atoms with Crippen LogP contribution < -0.4 is 4.74 Å². The smallest absolute Gasteiger partial charge is 0.428 e. The molecule has 0 fully saturated rings. The molecule has 1 aliphatic heterocycles. The third-order valence-corrected chi connectivity index (χ3v) is 4.70. The van der Waals surface area contributed by atoms with Crippen molar-refractivity contribution in [2.45, 2.75) is 12.5 Å². The zero-order valence-electron chi connectivity index (χ0n) is 15.2. The summed E-state index contributed by atoms with van der Waals surface area (Å²) >= 11 is 0. The summed E-state index contributed by atoms with van der Waals surface area (Å²) in [6, 6.07) is 26.5. The number of nitrogens with zero attached hydrogens (tertiary/aromatic N) is 2. The fourth-order valence-electron chi connectivity index (χ4n) is 3.33. The van der Waals surface area contributed by atoms with Crippen molar-refractivity contribution in [3.05, 3.63) is 102 Å². The van der Waals surface area contributed by atoms with Gasteiger partial charge in [0.1, 0.15) is 12.4 Å². The van der Waals surface area contributed by atoms with Crippen LogP contribution in [0.2, 0.25) is 0 Å². The second-order valence-electron chi connectivity index (χ2n) is 6.58. The average molecular weight is 372 g/mol. The molecule has 0 bridgehead atoms. The van der Waals surface area contributed by atoms with Gasteiger partial charge in [0.2, 0.25) is 0 Å². The number of ether oxygens (including phenoxy) is 1. The van der Waals surface area contributed by atoms with Gasteiger partial charge in [0, 0.05) is 17.5 Å². The molecule has 5 heteroatoms. The van der Waals surface area contributed by atoms with Crippen LogP contribution >= 0.6 is 0 Å². The highest BCUT2D eigenvalue weighted by Crippen LogP contribution is 2.27. The van der Waals surface area contributed by atoms with Crippen LogP contribution in [0.15, 0.2) is 90.0 Å². The zero-order chi connectivity index (χ0) is 19.3. The van der Waals surface area contributed by atoms with Crippen LogP contribution in [0.1, 0.15) is 16.7 Å². The van der Waals surface area contributed by atoms with Crippen LogP contribution in [-0.2, 0) is 6.42 Å². The molecule has 28 heavy (non-hydrogen) atoms. The topological polar surface area (TPSA) is 62.1 Å². The Hall–Kier alpha value is -3.60. The Morgan fingerprint density at radius 3 is 2.07 bits per heavy atom. The first kappa shape index (κ1) is 17.8. The Kier molecular flexibility index (Phi) is 5.06. The molecular formula is C23H20N2O3. The van der Waals surface area contributed by atoms with Gasteiger partial charge in [-0.1, -0.05) is 78.9 Å². The lowest BCUT2D eigenvalue weighted by atomic mass is 10.0. The molecule has 1 N–H and O–H groups in total. The van der Waals surface area contributed by atoms with Gasteiger partial charge >= 0.3 is 6.09 Å². The van der Waals surface area contributed by atoms with E-state index in [1.165, 1.54) is 0 Å². The zero-order valence-corrected chi connectivity index (χ0v) is 15.2. The molecule has 0 saturated carbocycles. The van der Waals surface area contributed by atoms with Crippen molar-refractivity contribution in [1.29, 1.82) is 0 Å². The van der Waals surface area contributed by atoms with Gasteiger partial charge in [0.15, 0.2) is 0 Å². The SMILES string of the molecule is O=C(O)N(N=C(c1ccccc1)c1ccccc1)C1COc2ccccc2C1. The van der Waals surface area contributed by atoms with Crippen LogP contribution in [0.5, 0.6) is 5.75 Å². The van der Waals surface area contributed by atoms with Crippen LogP contribution in [0.25, 0.3) is 0 Å². The fourth-order valence-corrected chi connectivity index (χ4v) is 3.33. The van der Waals surface area contributed by atoms with Gasteiger partial charge in [0.05, 0.1) is 11.8 Å². The summed E-state index contributed by atoms with van der Waals surface area (Å²) in [7, 11) is 0. The summed E-state index contributed by atoms with van der Waals surface area (Å²) in [4.78, 5) is 12.1. The normalized spacial score (nSPS) is 15.1. The number of hydrazone groups is 1. The third-order valence-electron chi connectivity index (χ3n) is 4.70. The molecule has 1 atom stereocenters. The van der Waals surface area contributed by atoms with Crippen LogP contribution in [0, 0.1) is 0 Å². The largest absolute Gasteiger partial charge is 0.491 e. The predicted molar refractivity (Wildman–Crippen MR) is 108 cm³/mol. The number of para-hydroxylation sites is 1. The second-order valence-corrected chi connectivity index (χ2v) is 6.58. The Bertz CT molecular complexity index is 945. The molecule has 1 amide bonds. The molecule has 4 rings (SSSR count). The summed E-state index contributed by atoms with van der Waals surface area (Å²) in [6.07, 6.45) is -0.541. The number of hydrogen-bond donors (Lipinski definition) is 1. The number of amides is 1. The van der Waals surface area contributed by atoms with Crippen molar-refractivity contribution < 1.29 is 14.6 Å². The Morgan fingerprint density at radius 2 is 1.46 bits per heavy atom. The fraction of sp³-hybridized carbons (Fsp3) is 0.130. The molecule has 0 radical (unpaired) electrons. The predicted octanol–water partition coefficient (Wildman–Crippen LogP) is 4.42. The standard InChI is InChI=1S/C23H20N2O3/c26-23(27)25(20-15-19-13-7-8-14-21(19)28-16-20)24-22(17-9-3-1-4-10-17)18-11-5-2-6-12-18/h1-14,20H,15-16H2,(H,26,27). The van der Waals surface area contributed by atoms with Crippen LogP contribution in [-0.4, -0.2) is 34.6 Å². The van der Waals surface area contributed by atoms with Gasteiger partial charge in [-0.2, -0.15) is 10.1 Å². The van der Waals surface area contributed by atoms with Gasteiger partial charge < -0.3 is 9.84 Å². The summed E-state index contributed by atoms with van der Waals surface area (Å²) in [5.74, 6) is 0.805. The molecule has 0 aromatic heterocycles. The highest BCUT2D eigenvalue weighted by atomic mass is 16.5. The van der Waals surface area contributed by atoms with E-state index >= 15 is 0 Å². The van der Waals surface area contributed by atoms with Crippen molar-refractivity contribution >= 4 is 11.8 Å². The minimum absolute atomic E-state index is 0.268. The van der Waals surface area contributed by atoms with Crippen molar-refractivity contribution in [3.63, 3.8) is 0 Å². The first-order chi connectivity index (χ1) is 13.7. The molecule has 0 aliphatic carbocycles. The van der Waals surface area contributed by atoms with Crippen LogP contribution in [0.3, 0.4) is 0 Å². The molecule has 1 unspecified atom stereocenters. The molecule has 0 saturated heterocycles. The molecule has 3 aromatic carbocycles. The van der Waals surface area contributed by atoms with Crippen molar-refractivity contribution in [2.75, 3.05) is 6.61 Å². The van der Waals surface area contributed by atoms with E-state index in [4.69, 9.17) is 4.74 Å². The molecule has 1 heterocycles. The van der Waals surface area contributed by atoms with E-state index < -0.39 is 12.1 Å². The first-order valence-corrected chi connectivity index (χ1v) is 9.14. The Morgan fingerprint density at radius 1 is 0.893 bits per heavy atom. The number of hydrogen-bond acceptors (Lipinski definition) is 3. The van der Waals surface area contributed by atoms with E-state index in [1.807, 2.05) is 84.9 Å². The summed E-state index contributed by atoms with van der Waals surface area (Å²) in [5.41, 5.74) is 3.32. The summed E-state index contributed by atoms with van der Waals surface area (Å²) in [5, 5.41) is 15.6. The third kappa shape index (κ3) is 3.74. The van der Waals surface area contributed by atoms with E-state index in [0.717, 1.165) is 27.4 Å². The monoisotopic (exact) mass is 372 g/mol. The lowest BCUT2D eigenvalue weighted by Gasteiger charge is -2.30. The summed E-state index contributed by atoms with van der Waals surface area (Å²) in [6.45, 7) is 0.268. The molecule has 140 valence electrons. The number of rotatable bonds is 4. The number of carboxylic acid groups (broad SMARTS) is 1.